The molecule has 0 bridgehead atoms. The van der Waals surface area contributed by atoms with Crippen LogP contribution in [0, 0.1) is 0 Å². The zero-order valence-electron chi connectivity index (χ0n) is 17.9. The second-order valence-corrected chi connectivity index (χ2v) is 7.73. The van der Waals surface area contributed by atoms with Crippen molar-refractivity contribution in [2.45, 2.75) is 33.2 Å². The Balaban J connectivity index is 1.46. The summed E-state index contributed by atoms with van der Waals surface area (Å²) < 4.78 is 0. The van der Waals surface area contributed by atoms with E-state index in [1.807, 2.05) is 12.4 Å². The van der Waals surface area contributed by atoms with Crippen molar-refractivity contribution in [3.8, 4) is 33.6 Å². The van der Waals surface area contributed by atoms with Gasteiger partial charge in [-0.2, -0.15) is 0 Å². The summed E-state index contributed by atoms with van der Waals surface area (Å²) in [4.78, 5) is 18.0. The first-order valence-electron chi connectivity index (χ1n) is 10.6. The lowest BCUT2D eigenvalue weighted by Gasteiger charge is -2.13. The van der Waals surface area contributed by atoms with Crippen molar-refractivity contribution in [2.24, 2.45) is 0 Å². The van der Waals surface area contributed by atoms with E-state index in [0.29, 0.717) is 0 Å². The van der Waals surface area contributed by atoms with Crippen LogP contribution >= 0.6 is 0 Å². The molecule has 0 aliphatic carbocycles. The van der Waals surface area contributed by atoms with Crippen molar-refractivity contribution >= 4 is 0 Å². The molecule has 30 heavy (non-hydrogen) atoms. The molecule has 2 aromatic heterocycles. The first-order valence-corrected chi connectivity index (χ1v) is 10.6. The Morgan fingerprint density at radius 3 is 1.63 bits per heavy atom. The van der Waals surface area contributed by atoms with Crippen LogP contribution in [0.15, 0.2) is 60.9 Å². The summed E-state index contributed by atoms with van der Waals surface area (Å²) in [7, 11) is 2.13. The number of aromatic amines is 2. The molecule has 0 fully saturated rings. The quantitative estimate of drug-likeness (QED) is 0.409. The molecule has 0 radical (unpaired) electrons. The van der Waals surface area contributed by atoms with Gasteiger partial charge in [-0.25, -0.2) is 9.97 Å². The number of aromatic nitrogens is 4. The standard InChI is InChI=1S/C25H29N5/c1-4-14-30(3)17-25-27-16-23(29-25)21-12-8-19(9-13-21)18-6-10-20(11-7-18)22-15-26-24(5-2)28-22/h6-13,15-16H,4-5,14,17H2,1-3H3,(H,26,28)(H,27,29). The van der Waals surface area contributed by atoms with E-state index in [2.05, 4.69) is 94.3 Å². The fourth-order valence-electron chi connectivity index (χ4n) is 3.68. The Bertz CT molecular complexity index is 1070. The molecule has 2 heterocycles. The zero-order chi connectivity index (χ0) is 20.9. The lowest BCUT2D eigenvalue weighted by atomic mass is 10.0. The summed E-state index contributed by atoms with van der Waals surface area (Å²) in [5, 5.41) is 0. The fraction of sp³-hybridized carbons (Fsp3) is 0.280. The number of hydrogen-bond acceptors (Lipinski definition) is 3. The second kappa shape index (κ2) is 9.09. The van der Waals surface area contributed by atoms with Crippen LogP contribution in [0.3, 0.4) is 0 Å². The van der Waals surface area contributed by atoms with Gasteiger partial charge in [0.15, 0.2) is 0 Å². The molecule has 154 valence electrons. The van der Waals surface area contributed by atoms with E-state index in [1.54, 1.807) is 0 Å². The average molecular weight is 400 g/mol. The first-order chi connectivity index (χ1) is 14.7. The van der Waals surface area contributed by atoms with Crippen molar-refractivity contribution in [1.29, 1.82) is 0 Å². The van der Waals surface area contributed by atoms with Gasteiger partial charge in [0.2, 0.25) is 0 Å². The van der Waals surface area contributed by atoms with Gasteiger partial charge in [0.1, 0.15) is 11.6 Å². The van der Waals surface area contributed by atoms with Gasteiger partial charge in [-0.1, -0.05) is 62.4 Å². The highest BCUT2D eigenvalue weighted by atomic mass is 15.1. The van der Waals surface area contributed by atoms with Crippen LogP contribution in [0.4, 0.5) is 0 Å². The molecule has 2 N–H and O–H groups in total. The molecular formula is C25H29N5. The molecule has 0 saturated carbocycles. The van der Waals surface area contributed by atoms with Crippen molar-refractivity contribution in [3.05, 3.63) is 72.6 Å². The maximum atomic E-state index is 4.54. The van der Waals surface area contributed by atoms with Crippen molar-refractivity contribution < 1.29 is 0 Å². The summed E-state index contributed by atoms with van der Waals surface area (Å²) >= 11 is 0. The molecule has 2 aromatic carbocycles. The van der Waals surface area contributed by atoms with Gasteiger partial charge >= 0.3 is 0 Å². The smallest absolute Gasteiger partial charge is 0.120 e. The van der Waals surface area contributed by atoms with Crippen molar-refractivity contribution in [2.75, 3.05) is 13.6 Å². The van der Waals surface area contributed by atoms with Crippen LogP contribution < -0.4 is 0 Å². The van der Waals surface area contributed by atoms with Crippen LogP contribution in [-0.4, -0.2) is 38.4 Å². The minimum Gasteiger partial charge on any atom is -0.342 e. The SMILES string of the molecule is CCCN(C)Cc1ncc(-c2ccc(-c3ccc(-c4cnc(CC)[nH]4)cc3)cc2)[nH]1. The Labute approximate surface area is 178 Å². The molecule has 0 atom stereocenters. The van der Waals surface area contributed by atoms with Crippen LogP contribution in [0.2, 0.25) is 0 Å². The molecule has 0 unspecified atom stereocenters. The number of nitrogens with zero attached hydrogens (tertiary/aromatic N) is 3. The highest BCUT2D eigenvalue weighted by Gasteiger charge is 2.07. The highest BCUT2D eigenvalue weighted by molar-refractivity contribution is 5.71. The van der Waals surface area contributed by atoms with Crippen LogP contribution in [-0.2, 0) is 13.0 Å². The molecular weight excluding hydrogens is 370 g/mol. The van der Waals surface area contributed by atoms with Gasteiger partial charge in [-0.3, -0.25) is 4.90 Å². The van der Waals surface area contributed by atoms with E-state index in [9.17, 15) is 0 Å². The van der Waals surface area contributed by atoms with Gasteiger partial charge in [0, 0.05) is 6.42 Å². The molecule has 5 heteroatoms. The molecule has 0 aliphatic heterocycles. The van der Waals surface area contributed by atoms with Crippen LogP contribution in [0.1, 0.15) is 31.9 Å². The topological polar surface area (TPSA) is 60.6 Å². The summed E-state index contributed by atoms with van der Waals surface area (Å²) in [6.45, 7) is 6.21. The summed E-state index contributed by atoms with van der Waals surface area (Å²) in [5.74, 6) is 2.02. The molecule has 0 saturated heterocycles. The normalized spacial score (nSPS) is 11.3. The fourth-order valence-corrected chi connectivity index (χ4v) is 3.68. The number of aryl methyl sites for hydroxylation is 1. The minimum absolute atomic E-state index is 0.842. The van der Waals surface area contributed by atoms with Gasteiger partial charge in [-0.05, 0) is 42.3 Å². The van der Waals surface area contributed by atoms with Gasteiger partial charge in [-0.15, -0.1) is 0 Å². The molecule has 0 aliphatic rings. The molecule has 0 amide bonds. The van der Waals surface area contributed by atoms with Crippen LogP contribution in [0.25, 0.3) is 33.6 Å². The first kappa shape index (κ1) is 20.1. The summed E-state index contributed by atoms with van der Waals surface area (Å²) in [6, 6.07) is 17.2. The Kier molecular flexibility index (Phi) is 6.10. The van der Waals surface area contributed by atoms with E-state index in [1.165, 1.54) is 11.1 Å². The lowest BCUT2D eigenvalue weighted by molar-refractivity contribution is 0.320. The Morgan fingerprint density at radius 2 is 1.17 bits per heavy atom. The average Bonchev–Trinajstić information content (AvgIpc) is 3.44. The maximum Gasteiger partial charge on any atom is 0.120 e. The minimum atomic E-state index is 0.842. The Morgan fingerprint density at radius 1 is 0.700 bits per heavy atom. The van der Waals surface area contributed by atoms with Gasteiger partial charge in [0.25, 0.3) is 0 Å². The molecule has 5 nitrogen and oxygen atoms in total. The number of imidazole rings is 2. The van der Waals surface area contributed by atoms with E-state index in [-0.39, 0.29) is 0 Å². The highest BCUT2D eigenvalue weighted by Crippen LogP contribution is 2.26. The maximum absolute atomic E-state index is 4.54. The number of benzene rings is 2. The van der Waals surface area contributed by atoms with E-state index in [4.69, 9.17) is 0 Å². The molecule has 4 rings (SSSR count). The van der Waals surface area contributed by atoms with Crippen molar-refractivity contribution in [1.82, 2.24) is 24.8 Å². The summed E-state index contributed by atoms with van der Waals surface area (Å²) in [6.07, 6.45) is 5.89. The lowest BCUT2D eigenvalue weighted by Crippen LogP contribution is -2.19. The summed E-state index contributed by atoms with van der Waals surface area (Å²) in [5.41, 5.74) is 6.83. The Hall–Kier alpha value is -3.18. The van der Waals surface area contributed by atoms with Gasteiger partial charge in [0.05, 0.1) is 30.3 Å². The van der Waals surface area contributed by atoms with E-state index >= 15 is 0 Å². The number of nitrogens with one attached hydrogen (secondary N) is 2. The third-order valence-electron chi connectivity index (χ3n) is 5.34. The number of rotatable bonds is 8. The third kappa shape index (κ3) is 4.52. The predicted molar refractivity (Wildman–Crippen MR) is 123 cm³/mol. The molecule has 4 aromatic rings. The largest absolute Gasteiger partial charge is 0.342 e. The monoisotopic (exact) mass is 399 g/mol. The van der Waals surface area contributed by atoms with E-state index in [0.717, 1.165) is 60.1 Å². The number of H-pyrrole nitrogens is 2. The van der Waals surface area contributed by atoms with E-state index < -0.39 is 0 Å². The van der Waals surface area contributed by atoms with Gasteiger partial charge < -0.3 is 9.97 Å². The van der Waals surface area contributed by atoms with Crippen molar-refractivity contribution in [3.63, 3.8) is 0 Å². The zero-order valence-corrected chi connectivity index (χ0v) is 17.9. The number of hydrogen-bond donors (Lipinski definition) is 2. The molecule has 0 spiro atoms. The predicted octanol–water partition coefficient (Wildman–Crippen LogP) is 5.54. The second-order valence-electron chi connectivity index (χ2n) is 7.73. The van der Waals surface area contributed by atoms with Crippen LogP contribution in [0.5, 0.6) is 0 Å². The third-order valence-corrected chi connectivity index (χ3v) is 5.34.